The van der Waals surface area contributed by atoms with Gasteiger partial charge < -0.3 is 34.4 Å². The van der Waals surface area contributed by atoms with Crippen LogP contribution in [-0.4, -0.2) is 101 Å². The number of aliphatic hydroxyl groups is 3. The first-order valence-corrected chi connectivity index (χ1v) is 22.7. The van der Waals surface area contributed by atoms with Crippen molar-refractivity contribution in [1.29, 1.82) is 0 Å². The van der Waals surface area contributed by atoms with Crippen LogP contribution in [0.3, 0.4) is 0 Å². The van der Waals surface area contributed by atoms with E-state index in [1.807, 2.05) is 0 Å². The number of aliphatic hydroxyl groups excluding tert-OH is 3. The molecule has 0 bridgehead atoms. The van der Waals surface area contributed by atoms with Crippen LogP contribution in [-0.2, 0) is 52.0 Å². The summed E-state index contributed by atoms with van der Waals surface area (Å²) in [6, 6.07) is 0. The first kappa shape index (κ1) is 44.9. The Bertz CT molecular complexity index is 1530. The zero-order valence-corrected chi connectivity index (χ0v) is 34.7. The summed E-state index contributed by atoms with van der Waals surface area (Å²) in [7, 11) is -9.97. The van der Waals surface area contributed by atoms with Crippen molar-refractivity contribution in [1.82, 2.24) is 0 Å². The molecule has 4 saturated carbocycles. The molecule has 10 unspecified atom stereocenters. The molecule has 0 spiro atoms. The molecule has 0 aromatic rings. The lowest BCUT2D eigenvalue weighted by Crippen LogP contribution is -2.59. The summed E-state index contributed by atoms with van der Waals surface area (Å²) in [5.41, 5.74) is -0.743. The standard InChI is InChI=1S/C37H63O16PS/c1-19(2)9-8-10-20(3)31-29(49-22(5)39)17-26-24-16-28(51-54(43,44)52-35-34(42)33(41)32(40)30(50-35)18-48-21(4)38)27-15-23(53-55(45,46)47)11-13-36(27,6)25(24)12-14-37(26,31)7/h19-20,23-35,40-42H,8-18H2,1-7H3,(H,43,44)(H,45,46,47)/t20-,23+,24?,25?,26?,27?,28+,29+,30?,31+,32?,33?,34?,35?,36-,37+/m1/s1. The lowest BCUT2D eigenvalue weighted by Gasteiger charge is -2.62. The molecule has 5 N–H and O–H groups in total. The van der Waals surface area contributed by atoms with Crippen LogP contribution in [0, 0.1) is 52.3 Å². The topological polar surface area (TPSA) is 242 Å². The highest BCUT2D eigenvalue weighted by Crippen LogP contribution is 2.70. The molecule has 5 aliphatic rings. The summed E-state index contributed by atoms with van der Waals surface area (Å²) in [5.74, 6) is -0.512. The van der Waals surface area contributed by atoms with Crippen LogP contribution in [0.5, 0.6) is 0 Å². The molecule has 0 aromatic heterocycles. The van der Waals surface area contributed by atoms with Gasteiger partial charge in [0.05, 0.1) is 12.2 Å². The smallest absolute Gasteiger partial charge is 0.463 e. The minimum absolute atomic E-state index is 0.0448. The van der Waals surface area contributed by atoms with Crippen LogP contribution >= 0.6 is 7.82 Å². The van der Waals surface area contributed by atoms with Crippen molar-refractivity contribution < 1.29 is 74.8 Å². The number of hydrogen-bond donors (Lipinski definition) is 5. The Morgan fingerprint density at radius 1 is 0.855 bits per heavy atom. The Morgan fingerprint density at radius 3 is 2.15 bits per heavy atom. The van der Waals surface area contributed by atoms with E-state index in [4.69, 9.17) is 27.4 Å². The molecule has 5 fully saturated rings. The van der Waals surface area contributed by atoms with Crippen LogP contribution in [0.1, 0.15) is 113 Å². The molecule has 16 nitrogen and oxygen atoms in total. The number of ether oxygens (including phenoxy) is 3. The van der Waals surface area contributed by atoms with Crippen LogP contribution in [0.15, 0.2) is 0 Å². The van der Waals surface area contributed by atoms with E-state index >= 15 is 0 Å². The van der Waals surface area contributed by atoms with Crippen molar-refractivity contribution in [2.24, 2.45) is 52.3 Å². The largest absolute Gasteiger partial charge is 0.474 e. The fourth-order valence-electron chi connectivity index (χ4n) is 11.7. The van der Waals surface area contributed by atoms with Crippen LogP contribution in [0.25, 0.3) is 0 Å². The molecule has 0 aromatic carbocycles. The first-order chi connectivity index (χ1) is 25.5. The summed E-state index contributed by atoms with van der Waals surface area (Å²) in [4.78, 5) is 35.2. The van der Waals surface area contributed by atoms with E-state index in [-0.39, 0.29) is 59.9 Å². The van der Waals surface area contributed by atoms with Gasteiger partial charge in [-0.25, -0.2) is 8.75 Å². The molecule has 5 rings (SSSR count). The average molecular weight is 827 g/mol. The maximum absolute atomic E-state index is 13.9. The van der Waals surface area contributed by atoms with Crippen LogP contribution < -0.4 is 0 Å². The molecular formula is C37H63O16PS. The van der Waals surface area contributed by atoms with Gasteiger partial charge in [-0.2, -0.15) is 8.42 Å². The molecule has 18 heteroatoms. The number of fused-ring (bicyclic) bond motifs is 5. The van der Waals surface area contributed by atoms with Crippen molar-refractivity contribution in [2.75, 3.05) is 6.61 Å². The molecule has 1 heterocycles. The molecular weight excluding hydrogens is 763 g/mol. The molecule has 17 atom stereocenters. The maximum Gasteiger partial charge on any atom is 0.474 e. The highest BCUT2D eigenvalue weighted by Gasteiger charge is 2.66. The summed E-state index contributed by atoms with van der Waals surface area (Å²) in [6.45, 7) is 13.0. The number of carbonyl (C=O) groups is 2. The zero-order valence-electron chi connectivity index (χ0n) is 33.0. The summed E-state index contributed by atoms with van der Waals surface area (Å²) in [6.07, 6.45) is -4.51. The van der Waals surface area contributed by atoms with Crippen LogP contribution in [0.4, 0.5) is 0 Å². The van der Waals surface area contributed by atoms with Gasteiger partial charge >= 0.3 is 30.2 Å². The molecule has 318 valence electrons. The normalized spacial score (nSPS) is 43.4. The Hall–Kier alpha value is -1.24. The fraction of sp³-hybridized carbons (Fsp3) is 0.946. The Morgan fingerprint density at radius 2 is 1.53 bits per heavy atom. The lowest BCUT2D eigenvalue weighted by atomic mass is 9.43. The fourth-order valence-corrected chi connectivity index (χ4v) is 13.3. The highest BCUT2D eigenvalue weighted by atomic mass is 32.3. The number of hydrogen-bond acceptors (Lipinski definition) is 14. The zero-order chi connectivity index (χ0) is 40.8. The van der Waals surface area contributed by atoms with E-state index < -0.39 is 85.0 Å². The van der Waals surface area contributed by atoms with Crippen molar-refractivity contribution in [3.8, 4) is 0 Å². The number of rotatable bonds is 14. The summed E-state index contributed by atoms with van der Waals surface area (Å²) >= 11 is 0. The third kappa shape index (κ3) is 9.97. The highest BCUT2D eigenvalue weighted by molar-refractivity contribution is 7.80. The van der Waals surface area contributed by atoms with E-state index in [1.165, 1.54) is 6.92 Å². The predicted octanol–water partition coefficient (Wildman–Crippen LogP) is 4.32. The maximum atomic E-state index is 13.9. The molecule has 4 aliphatic carbocycles. The van der Waals surface area contributed by atoms with Gasteiger partial charge in [0.15, 0.2) is 6.29 Å². The molecule has 0 radical (unpaired) electrons. The van der Waals surface area contributed by atoms with Gasteiger partial charge in [0.1, 0.15) is 37.1 Å². The average Bonchev–Trinajstić information content (AvgIpc) is 3.35. The summed E-state index contributed by atoms with van der Waals surface area (Å²) in [5, 5.41) is 31.6. The van der Waals surface area contributed by atoms with E-state index in [1.54, 1.807) is 0 Å². The second-order valence-electron chi connectivity index (χ2n) is 17.9. The van der Waals surface area contributed by atoms with E-state index in [2.05, 4.69) is 34.6 Å². The number of carbonyl (C=O) groups excluding carboxylic acids is 2. The molecule has 0 amide bonds. The SMILES string of the molecule is CC(=O)OCC1OC(OP(=O)(O)O[C@H]2CC3C(CC[C@@]4(C)C3C[C@H](OC(C)=O)[C@@H]4[C@H](C)CCCC(C)C)[C@@]3(C)CC[C@H](OS(=O)(=O)O)CC23)C(O)C(O)C1O. The van der Waals surface area contributed by atoms with Gasteiger partial charge in [-0.1, -0.05) is 53.9 Å². The second-order valence-corrected chi connectivity index (χ2v) is 20.3. The van der Waals surface area contributed by atoms with E-state index in [0.717, 1.165) is 39.0 Å². The van der Waals surface area contributed by atoms with Crippen molar-refractivity contribution >= 4 is 30.2 Å². The Balaban J connectivity index is 1.45. The van der Waals surface area contributed by atoms with Gasteiger partial charge in [0, 0.05) is 19.8 Å². The lowest BCUT2D eigenvalue weighted by molar-refractivity contribution is -0.283. The van der Waals surface area contributed by atoms with Gasteiger partial charge in [0.25, 0.3) is 0 Å². The van der Waals surface area contributed by atoms with Gasteiger partial charge in [-0.3, -0.25) is 23.2 Å². The molecule has 1 aliphatic heterocycles. The monoisotopic (exact) mass is 826 g/mol. The van der Waals surface area contributed by atoms with Crippen molar-refractivity contribution in [2.45, 2.75) is 162 Å². The van der Waals surface area contributed by atoms with Crippen LogP contribution in [0.2, 0.25) is 0 Å². The Labute approximate surface area is 324 Å². The summed E-state index contributed by atoms with van der Waals surface area (Å²) < 4.78 is 80.0. The Kier molecular flexibility index (Phi) is 14.0. The van der Waals surface area contributed by atoms with Crippen molar-refractivity contribution in [3.05, 3.63) is 0 Å². The number of esters is 2. The third-order valence-corrected chi connectivity index (χ3v) is 15.5. The predicted molar refractivity (Wildman–Crippen MR) is 195 cm³/mol. The molecule has 55 heavy (non-hydrogen) atoms. The van der Waals surface area contributed by atoms with Gasteiger partial charge in [0.2, 0.25) is 0 Å². The number of phosphoric acid groups is 1. The van der Waals surface area contributed by atoms with E-state index in [9.17, 15) is 47.3 Å². The van der Waals surface area contributed by atoms with Gasteiger partial charge in [-0.05, 0) is 91.3 Å². The quantitative estimate of drug-likeness (QED) is 0.0931. The minimum atomic E-state index is -5.17. The van der Waals surface area contributed by atoms with Crippen molar-refractivity contribution in [3.63, 3.8) is 0 Å². The number of phosphoric ester groups is 1. The van der Waals surface area contributed by atoms with E-state index in [0.29, 0.717) is 25.2 Å². The van der Waals surface area contributed by atoms with Gasteiger partial charge in [-0.15, -0.1) is 0 Å². The second kappa shape index (κ2) is 17.2. The molecule has 1 saturated heterocycles. The minimum Gasteiger partial charge on any atom is -0.463 e. The first-order valence-electron chi connectivity index (χ1n) is 19.8. The third-order valence-electron chi connectivity index (χ3n) is 13.9.